The lowest BCUT2D eigenvalue weighted by atomic mass is 10.2. The van der Waals surface area contributed by atoms with Crippen LogP contribution in [0.25, 0.3) is 0 Å². The van der Waals surface area contributed by atoms with Crippen LogP contribution in [0.3, 0.4) is 0 Å². The molecule has 142 valence electrons. The summed E-state index contributed by atoms with van der Waals surface area (Å²) >= 11 is 2.07. The van der Waals surface area contributed by atoms with Gasteiger partial charge in [-0.05, 0) is 31.0 Å². The number of ether oxygens (including phenoxy) is 2. The zero-order valence-corrected chi connectivity index (χ0v) is 18.7. The Morgan fingerprint density at radius 3 is 2.80 bits per heavy atom. The fourth-order valence-corrected chi connectivity index (χ4v) is 3.95. The number of benzene rings is 1. The largest absolute Gasteiger partial charge is 0.493 e. The Morgan fingerprint density at radius 2 is 2.16 bits per heavy atom. The molecule has 1 saturated heterocycles. The van der Waals surface area contributed by atoms with E-state index in [1.165, 1.54) is 6.42 Å². The molecule has 0 amide bonds. The van der Waals surface area contributed by atoms with Gasteiger partial charge in [0.25, 0.3) is 0 Å². The zero-order valence-electron chi connectivity index (χ0n) is 15.6. The van der Waals surface area contributed by atoms with E-state index in [4.69, 9.17) is 9.47 Å². The molecule has 1 atom stereocenters. The van der Waals surface area contributed by atoms with Gasteiger partial charge in [-0.15, -0.1) is 24.0 Å². The van der Waals surface area contributed by atoms with Gasteiger partial charge in [0.2, 0.25) is 0 Å². The van der Waals surface area contributed by atoms with Crippen molar-refractivity contribution in [2.45, 2.75) is 32.1 Å². The van der Waals surface area contributed by atoms with Gasteiger partial charge < -0.3 is 19.7 Å². The summed E-state index contributed by atoms with van der Waals surface area (Å²) in [6.45, 7) is 7.69. The molecule has 0 aromatic heterocycles. The third-order valence-electron chi connectivity index (χ3n) is 4.08. The Labute approximate surface area is 173 Å². The van der Waals surface area contributed by atoms with E-state index in [0.29, 0.717) is 11.9 Å². The van der Waals surface area contributed by atoms with E-state index < -0.39 is 0 Å². The highest BCUT2D eigenvalue weighted by atomic mass is 127. The maximum absolute atomic E-state index is 5.57. The number of hydrogen-bond acceptors (Lipinski definition) is 4. The molecule has 2 rings (SSSR count). The van der Waals surface area contributed by atoms with Gasteiger partial charge in [-0.25, -0.2) is 0 Å². The van der Waals surface area contributed by atoms with Gasteiger partial charge >= 0.3 is 0 Å². The van der Waals surface area contributed by atoms with E-state index in [1.54, 1.807) is 7.11 Å². The molecular weight excluding hydrogens is 449 g/mol. The molecule has 0 spiro atoms. The number of methoxy groups -OCH3 is 1. The Hall–Kier alpha value is -0.830. The first kappa shape index (κ1) is 22.2. The molecule has 7 heteroatoms. The second-order valence-corrected chi connectivity index (χ2v) is 7.07. The summed E-state index contributed by atoms with van der Waals surface area (Å²) in [7, 11) is 3.52. The SMILES string of the molecule is CCOc1ccc(CNC(=NC)N2CCSC(CC)C2)cc1OC.I. The van der Waals surface area contributed by atoms with Crippen molar-refractivity contribution in [1.29, 1.82) is 0 Å². The summed E-state index contributed by atoms with van der Waals surface area (Å²) in [5.41, 5.74) is 1.15. The van der Waals surface area contributed by atoms with Gasteiger partial charge in [-0.1, -0.05) is 13.0 Å². The summed E-state index contributed by atoms with van der Waals surface area (Å²) < 4.78 is 11.0. The maximum Gasteiger partial charge on any atom is 0.193 e. The van der Waals surface area contributed by atoms with Crippen LogP contribution in [0.15, 0.2) is 23.2 Å². The topological polar surface area (TPSA) is 46.1 Å². The fourth-order valence-electron chi connectivity index (χ4n) is 2.77. The Morgan fingerprint density at radius 1 is 1.36 bits per heavy atom. The lowest BCUT2D eigenvalue weighted by molar-refractivity contribution is 0.310. The highest BCUT2D eigenvalue weighted by molar-refractivity contribution is 14.0. The van der Waals surface area contributed by atoms with E-state index in [2.05, 4.69) is 40.0 Å². The molecule has 1 aliphatic rings. The van der Waals surface area contributed by atoms with Gasteiger partial charge in [0.1, 0.15) is 0 Å². The van der Waals surface area contributed by atoms with Crippen molar-refractivity contribution in [1.82, 2.24) is 10.2 Å². The third kappa shape index (κ3) is 6.44. The molecule has 25 heavy (non-hydrogen) atoms. The molecule has 1 aromatic rings. The molecule has 1 unspecified atom stereocenters. The number of hydrogen-bond donors (Lipinski definition) is 1. The molecule has 1 fully saturated rings. The average Bonchev–Trinajstić information content (AvgIpc) is 2.63. The number of aliphatic imine (C=N–C) groups is 1. The first-order valence-electron chi connectivity index (χ1n) is 8.58. The highest BCUT2D eigenvalue weighted by Crippen LogP contribution is 2.28. The number of thioether (sulfide) groups is 1. The quantitative estimate of drug-likeness (QED) is 0.384. The minimum atomic E-state index is 0. The maximum atomic E-state index is 5.57. The van der Waals surface area contributed by atoms with Gasteiger partial charge in [0, 0.05) is 37.7 Å². The van der Waals surface area contributed by atoms with Crippen LogP contribution in [-0.2, 0) is 6.54 Å². The van der Waals surface area contributed by atoms with E-state index in [-0.39, 0.29) is 24.0 Å². The predicted molar refractivity (Wildman–Crippen MR) is 118 cm³/mol. The molecule has 0 bridgehead atoms. The van der Waals surface area contributed by atoms with Crippen LogP contribution in [0, 0.1) is 0 Å². The van der Waals surface area contributed by atoms with Crippen LogP contribution >= 0.6 is 35.7 Å². The molecule has 5 nitrogen and oxygen atoms in total. The van der Waals surface area contributed by atoms with Crippen molar-refractivity contribution < 1.29 is 9.47 Å². The number of nitrogens with zero attached hydrogens (tertiary/aromatic N) is 2. The van der Waals surface area contributed by atoms with Crippen molar-refractivity contribution in [3.63, 3.8) is 0 Å². The standard InChI is InChI=1S/C18H29N3O2S.HI/c1-5-15-13-21(9-10-24-15)18(19-3)20-12-14-7-8-16(23-6-2)17(11-14)22-4;/h7-8,11,15H,5-6,9-10,12-13H2,1-4H3,(H,19,20);1H. The smallest absolute Gasteiger partial charge is 0.193 e. The van der Waals surface area contributed by atoms with Crippen molar-refractivity contribution in [2.75, 3.05) is 39.6 Å². The van der Waals surface area contributed by atoms with Crippen LogP contribution in [0.5, 0.6) is 11.5 Å². The van der Waals surface area contributed by atoms with Crippen molar-refractivity contribution >= 4 is 41.7 Å². The van der Waals surface area contributed by atoms with Crippen LogP contribution in [0.4, 0.5) is 0 Å². The first-order chi connectivity index (χ1) is 11.7. The summed E-state index contributed by atoms with van der Waals surface area (Å²) in [6.07, 6.45) is 1.20. The molecule has 0 aliphatic carbocycles. The molecular formula is C18H30IN3O2S. The number of guanidine groups is 1. The van der Waals surface area contributed by atoms with E-state index in [0.717, 1.165) is 48.4 Å². The Kier molecular flexibility index (Phi) is 10.4. The zero-order chi connectivity index (χ0) is 17.4. The van der Waals surface area contributed by atoms with Crippen molar-refractivity contribution in [3.05, 3.63) is 23.8 Å². The number of nitrogens with one attached hydrogen (secondary N) is 1. The lowest BCUT2D eigenvalue weighted by Gasteiger charge is -2.34. The van der Waals surface area contributed by atoms with Crippen LogP contribution in [-0.4, -0.2) is 55.7 Å². The number of rotatable bonds is 6. The van der Waals surface area contributed by atoms with Gasteiger partial charge in [-0.3, -0.25) is 4.99 Å². The summed E-state index contributed by atoms with van der Waals surface area (Å²) in [6, 6.07) is 6.05. The third-order valence-corrected chi connectivity index (χ3v) is 5.46. The van der Waals surface area contributed by atoms with Crippen molar-refractivity contribution in [2.24, 2.45) is 4.99 Å². The molecule has 1 N–H and O–H groups in total. The predicted octanol–water partition coefficient (Wildman–Crippen LogP) is 3.61. The Balaban J connectivity index is 0.00000312. The first-order valence-corrected chi connectivity index (χ1v) is 9.63. The minimum absolute atomic E-state index is 0. The van der Waals surface area contributed by atoms with E-state index in [9.17, 15) is 0 Å². The fraction of sp³-hybridized carbons (Fsp3) is 0.611. The summed E-state index contributed by atoms with van der Waals surface area (Å²) in [5, 5.41) is 4.17. The lowest BCUT2D eigenvalue weighted by Crippen LogP contribution is -2.47. The van der Waals surface area contributed by atoms with Crippen LogP contribution in [0.1, 0.15) is 25.8 Å². The minimum Gasteiger partial charge on any atom is -0.493 e. The number of halogens is 1. The van der Waals surface area contributed by atoms with Crippen molar-refractivity contribution in [3.8, 4) is 11.5 Å². The molecule has 0 saturated carbocycles. The Bertz CT molecular complexity index is 557. The van der Waals surface area contributed by atoms with Crippen LogP contribution < -0.4 is 14.8 Å². The second-order valence-electron chi connectivity index (χ2n) is 5.67. The van der Waals surface area contributed by atoms with Gasteiger partial charge in [-0.2, -0.15) is 11.8 Å². The average molecular weight is 479 g/mol. The second kappa shape index (κ2) is 11.7. The molecule has 1 heterocycles. The van der Waals surface area contributed by atoms with Gasteiger partial charge in [0.15, 0.2) is 17.5 Å². The monoisotopic (exact) mass is 479 g/mol. The van der Waals surface area contributed by atoms with E-state index in [1.807, 2.05) is 26.1 Å². The summed E-state index contributed by atoms with van der Waals surface area (Å²) in [4.78, 5) is 6.81. The molecule has 0 radical (unpaired) electrons. The van der Waals surface area contributed by atoms with Gasteiger partial charge in [0.05, 0.1) is 13.7 Å². The molecule has 1 aliphatic heterocycles. The van der Waals surface area contributed by atoms with Crippen LogP contribution in [0.2, 0.25) is 0 Å². The summed E-state index contributed by atoms with van der Waals surface area (Å²) in [5.74, 6) is 3.69. The normalized spacial score (nSPS) is 17.7. The molecule has 1 aromatic carbocycles. The highest BCUT2D eigenvalue weighted by Gasteiger charge is 2.21. The van der Waals surface area contributed by atoms with E-state index >= 15 is 0 Å².